The van der Waals surface area contributed by atoms with E-state index in [4.69, 9.17) is 14.2 Å². The Labute approximate surface area is 156 Å². The summed E-state index contributed by atoms with van der Waals surface area (Å²) in [6.07, 6.45) is 10.7. The first-order valence-corrected chi connectivity index (χ1v) is 9.87. The van der Waals surface area contributed by atoms with Gasteiger partial charge in [0.15, 0.2) is 6.29 Å². The Morgan fingerprint density at radius 3 is 2.85 bits per heavy atom. The third kappa shape index (κ3) is 2.69. The first-order chi connectivity index (χ1) is 12.3. The van der Waals surface area contributed by atoms with Crippen molar-refractivity contribution in [1.82, 2.24) is 0 Å². The largest absolute Gasteiger partial charge is 0.431 e. The number of cyclic esters (lactones) is 1. The second kappa shape index (κ2) is 6.35. The fraction of sp³-hybridized carbons (Fsp3) is 0.682. The van der Waals surface area contributed by atoms with Crippen LogP contribution in [-0.2, 0) is 19.0 Å². The van der Waals surface area contributed by atoms with E-state index in [1.54, 1.807) is 6.08 Å². The van der Waals surface area contributed by atoms with Crippen LogP contribution < -0.4 is 0 Å². The molecule has 0 aromatic carbocycles. The van der Waals surface area contributed by atoms with Crippen LogP contribution in [0, 0.1) is 22.7 Å². The van der Waals surface area contributed by atoms with E-state index in [-0.39, 0.29) is 29.2 Å². The van der Waals surface area contributed by atoms with E-state index in [2.05, 4.69) is 20.4 Å². The van der Waals surface area contributed by atoms with Crippen molar-refractivity contribution in [3.63, 3.8) is 0 Å². The number of rotatable bonds is 2. The fourth-order valence-corrected chi connectivity index (χ4v) is 6.09. The highest BCUT2D eigenvalue weighted by Gasteiger charge is 2.59. The predicted molar refractivity (Wildman–Crippen MR) is 99.0 cm³/mol. The molecule has 2 aliphatic carbocycles. The number of ether oxygens (including phenoxy) is 3. The summed E-state index contributed by atoms with van der Waals surface area (Å²) < 4.78 is 17.0. The van der Waals surface area contributed by atoms with Gasteiger partial charge in [0.1, 0.15) is 0 Å². The zero-order valence-electron chi connectivity index (χ0n) is 16.1. The van der Waals surface area contributed by atoms with Crippen molar-refractivity contribution in [2.45, 2.75) is 65.3 Å². The van der Waals surface area contributed by atoms with Gasteiger partial charge in [-0.05, 0) is 62.4 Å². The average Bonchev–Trinajstić information content (AvgIpc) is 3.00. The topological polar surface area (TPSA) is 44.8 Å². The van der Waals surface area contributed by atoms with Crippen molar-refractivity contribution in [2.24, 2.45) is 22.7 Å². The first-order valence-electron chi connectivity index (χ1n) is 9.87. The molecule has 4 aliphatic rings. The lowest BCUT2D eigenvalue weighted by atomic mass is 9.46. The number of hydrogen-bond donors (Lipinski definition) is 0. The minimum Gasteiger partial charge on any atom is -0.431 e. The molecule has 26 heavy (non-hydrogen) atoms. The van der Waals surface area contributed by atoms with Crippen molar-refractivity contribution < 1.29 is 19.0 Å². The average molecular weight is 358 g/mol. The van der Waals surface area contributed by atoms with Gasteiger partial charge in [-0.15, -0.1) is 0 Å². The molecule has 0 aromatic heterocycles. The van der Waals surface area contributed by atoms with Gasteiger partial charge in [0.25, 0.3) is 0 Å². The highest BCUT2D eigenvalue weighted by atomic mass is 16.7. The molecule has 4 heteroatoms. The fourth-order valence-electron chi connectivity index (χ4n) is 6.09. The number of carbonyl (C=O) groups is 1. The molecule has 3 fully saturated rings. The Morgan fingerprint density at radius 2 is 2.12 bits per heavy atom. The van der Waals surface area contributed by atoms with E-state index in [9.17, 15) is 4.79 Å². The number of carbonyl (C=O) groups excluding carboxylic acids is 1. The van der Waals surface area contributed by atoms with Crippen LogP contribution >= 0.6 is 0 Å². The molecule has 142 valence electrons. The number of fused-ring (bicyclic) bond motifs is 3. The van der Waals surface area contributed by atoms with Crippen molar-refractivity contribution in [1.29, 1.82) is 0 Å². The van der Waals surface area contributed by atoms with Gasteiger partial charge in [0.05, 0.1) is 24.5 Å². The van der Waals surface area contributed by atoms with Crippen LogP contribution in [0.5, 0.6) is 0 Å². The van der Waals surface area contributed by atoms with Gasteiger partial charge in [-0.1, -0.05) is 32.1 Å². The summed E-state index contributed by atoms with van der Waals surface area (Å²) in [5, 5.41) is 0. The lowest BCUT2D eigenvalue weighted by Gasteiger charge is -2.62. The van der Waals surface area contributed by atoms with E-state index in [1.165, 1.54) is 11.8 Å². The Morgan fingerprint density at radius 1 is 1.31 bits per heavy atom. The molecular formula is C22H30O4. The number of hydrogen-bond acceptors (Lipinski definition) is 4. The van der Waals surface area contributed by atoms with Gasteiger partial charge in [-0.3, -0.25) is 0 Å². The van der Waals surface area contributed by atoms with Crippen LogP contribution in [0.15, 0.2) is 36.1 Å². The van der Waals surface area contributed by atoms with Gasteiger partial charge < -0.3 is 14.2 Å². The molecule has 2 aliphatic heterocycles. The molecule has 0 N–H and O–H groups in total. The molecule has 2 heterocycles. The molecule has 0 bridgehead atoms. The maximum atomic E-state index is 11.8. The Hall–Kier alpha value is -1.39. The van der Waals surface area contributed by atoms with Gasteiger partial charge in [-0.25, -0.2) is 4.79 Å². The second-order valence-electron chi connectivity index (χ2n) is 8.96. The SMILES string of the molecule is C=C1CC[C@@H]2[C@]3(C)CO[C@@H](C)O[C@@H]3CC[C@@]2(C)[C@@H]1C/C=C1\C=COC1=O. The van der Waals surface area contributed by atoms with Crippen molar-refractivity contribution in [3.05, 3.63) is 36.1 Å². The molecule has 0 radical (unpaired) electrons. The summed E-state index contributed by atoms with van der Waals surface area (Å²) in [5.74, 6) is 0.681. The van der Waals surface area contributed by atoms with Gasteiger partial charge in [-0.2, -0.15) is 0 Å². The van der Waals surface area contributed by atoms with Gasteiger partial charge in [0.2, 0.25) is 0 Å². The van der Waals surface area contributed by atoms with Crippen molar-refractivity contribution in [3.8, 4) is 0 Å². The summed E-state index contributed by atoms with van der Waals surface area (Å²) >= 11 is 0. The first kappa shape index (κ1) is 18.0. The van der Waals surface area contributed by atoms with Crippen LogP contribution in [0.3, 0.4) is 0 Å². The quantitative estimate of drug-likeness (QED) is 0.413. The lowest BCUT2D eigenvalue weighted by molar-refractivity contribution is -0.297. The lowest BCUT2D eigenvalue weighted by Crippen LogP contribution is -2.61. The smallest absolute Gasteiger partial charge is 0.342 e. The monoisotopic (exact) mass is 358 g/mol. The Kier molecular flexibility index (Phi) is 4.39. The van der Waals surface area contributed by atoms with Crippen LogP contribution in [0.25, 0.3) is 0 Å². The summed E-state index contributed by atoms with van der Waals surface area (Å²) in [5.41, 5.74) is 2.21. The number of esters is 1. The molecule has 4 rings (SSSR count). The summed E-state index contributed by atoms with van der Waals surface area (Å²) in [4.78, 5) is 11.8. The van der Waals surface area contributed by atoms with Gasteiger partial charge >= 0.3 is 5.97 Å². The minimum atomic E-state index is -0.244. The van der Waals surface area contributed by atoms with Crippen LogP contribution in [0.1, 0.15) is 52.9 Å². The molecule has 4 nitrogen and oxygen atoms in total. The molecule has 0 spiro atoms. The zero-order valence-corrected chi connectivity index (χ0v) is 16.1. The molecule has 0 unspecified atom stereocenters. The summed E-state index contributed by atoms with van der Waals surface area (Å²) in [6.45, 7) is 12.0. The molecule has 1 saturated heterocycles. The highest BCUT2D eigenvalue weighted by molar-refractivity contribution is 5.94. The predicted octanol–water partition coefficient (Wildman–Crippen LogP) is 4.52. The van der Waals surface area contributed by atoms with Crippen LogP contribution in [-0.4, -0.2) is 25.0 Å². The van der Waals surface area contributed by atoms with Gasteiger partial charge in [0, 0.05) is 5.41 Å². The standard InChI is InChI=1S/C22H30O4/c1-14-5-8-18-21(3,17(14)7-6-16-10-12-24-20(16)23)11-9-19-22(18,4)13-25-15(2)26-19/h6,10,12,15,17-19H,1,5,7-9,11,13H2,2-4H3/b16-6+/t15-,17-,18+,19-,21+,22+/m1/s1. The van der Waals surface area contributed by atoms with E-state index in [0.717, 1.165) is 38.7 Å². The molecule has 6 atom stereocenters. The Balaban J connectivity index is 1.61. The van der Waals surface area contributed by atoms with E-state index < -0.39 is 0 Å². The second-order valence-corrected chi connectivity index (χ2v) is 8.96. The zero-order chi connectivity index (χ0) is 18.5. The summed E-state index contributed by atoms with van der Waals surface area (Å²) in [7, 11) is 0. The normalized spacial score (nSPS) is 46.8. The van der Waals surface area contributed by atoms with Crippen LogP contribution in [0.2, 0.25) is 0 Å². The summed E-state index contributed by atoms with van der Waals surface area (Å²) in [6, 6.07) is 0. The third-order valence-corrected chi connectivity index (χ3v) is 7.53. The third-order valence-electron chi connectivity index (χ3n) is 7.53. The minimum absolute atomic E-state index is 0.0534. The van der Waals surface area contributed by atoms with E-state index in [0.29, 0.717) is 17.4 Å². The van der Waals surface area contributed by atoms with E-state index >= 15 is 0 Å². The molecule has 0 aromatic rings. The molecular weight excluding hydrogens is 328 g/mol. The van der Waals surface area contributed by atoms with Crippen molar-refractivity contribution >= 4 is 5.97 Å². The van der Waals surface area contributed by atoms with E-state index in [1.807, 2.05) is 13.0 Å². The highest BCUT2D eigenvalue weighted by Crippen LogP contribution is 2.63. The maximum Gasteiger partial charge on any atom is 0.342 e. The number of allylic oxidation sites excluding steroid dienone is 2. The molecule has 0 amide bonds. The van der Waals surface area contributed by atoms with Crippen LogP contribution in [0.4, 0.5) is 0 Å². The molecule has 2 saturated carbocycles. The van der Waals surface area contributed by atoms with Crippen molar-refractivity contribution in [2.75, 3.05) is 6.61 Å². The Bertz CT molecular complexity index is 678. The maximum absolute atomic E-state index is 11.8.